The van der Waals surface area contributed by atoms with Crippen LogP contribution in [0.25, 0.3) is 16.6 Å². The number of hydrogen-bond acceptors (Lipinski definition) is 10. The van der Waals surface area contributed by atoms with Crippen LogP contribution >= 0.6 is 0 Å². The number of aromatic nitrogens is 2. The summed E-state index contributed by atoms with van der Waals surface area (Å²) < 4.78 is 62.3. The zero-order valence-corrected chi connectivity index (χ0v) is 31.3. The summed E-state index contributed by atoms with van der Waals surface area (Å²) in [5.41, 5.74) is 7.24. The van der Waals surface area contributed by atoms with Crippen molar-refractivity contribution >= 4 is 48.5 Å². The van der Waals surface area contributed by atoms with Crippen molar-refractivity contribution in [3.05, 3.63) is 125 Å². The number of morpholine rings is 1. The van der Waals surface area contributed by atoms with E-state index >= 15 is 0 Å². The Hall–Kier alpha value is -5.46. The maximum atomic E-state index is 14.3. The Balaban J connectivity index is 1.19. The van der Waals surface area contributed by atoms with E-state index in [4.69, 9.17) is 15.5 Å². The SMILES string of the molecule is Nc1ccc(S(=O)(=O)N2CCN(CC(=O)N[C@@H](Cc3ccccc3)c3nc4ccccc4c(=O)n3-c3ccc(S(=O)(=O)N4CCOCC4)cc3)C(=O)C2)cc1. The second-order valence-electron chi connectivity index (χ2n) is 13.2. The number of benzene rings is 4. The van der Waals surface area contributed by atoms with Gasteiger partial charge in [0.2, 0.25) is 31.9 Å². The van der Waals surface area contributed by atoms with Gasteiger partial charge in [-0.15, -0.1) is 0 Å². The van der Waals surface area contributed by atoms with Crippen molar-refractivity contribution in [1.82, 2.24) is 28.4 Å². The molecule has 5 aromatic rings. The monoisotopic (exact) mass is 785 g/mol. The number of nitrogens with two attached hydrogens (primary N) is 1. The lowest BCUT2D eigenvalue weighted by molar-refractivity contribution is -0.138. The van der Waals surface area contributed by atoms with Gasteiger partial charge in [0, 0.05) is 31.9 Å². The van der Waals surface area contributed by atoms with Crippen molar-refractivity contribution in [2.24, 2.45) is 0 Å². The quantitative estimate of drug-likeness (QED) is 0.187. The zero-order chi connectivity index (χ0) is 38.7. The fraction of sp³-hybridized carbons (Fsp3) is 0.263. The molecule has 2 amide bonds. The van der Waals surface area contributed by atoms with Gasteiger partial charge in [0.15, 0.2) is 0 Å². The third kappa shape index (κ3) is 8.01. The average molecular weight is 786 g/mol. The molecule has 0 bridgehead atoms. The Morgan fingerprint density at radius 1 is 0.764 bits per heavy atom. The summed E-state index contributed by atoms with van der Waals surface area (Å²) in [6, 6.07) is 26.8. The summed E-state index contributed by atoms with van der Waals surface area (Å²) in [5.74, 6) is -0.909. The molecule has 15 nitrogen and oxygen atoms in total. The Morgan fingerprint density at radius 2 is 1.38 bits per heavy atom. The predicted molar refractivity (Wildman–Crippen MR) is 204 cm³/mol. The summed E-state index contributed by atoms with van der Waals surface area (Å²) in [6.07, 6.45) is 0.211. The molecule has 286 valence electrons. The number of nitrogens with one attached hydrogen (secondary N) is 1. The van der Waals surface area contributed by atoms with E-state index in [1.54, 1.807) is 24.3 Å². The summed E-state index contributed by atoms with van der Waals surface area (Å²) in [5, 5.41) is 3.31. The van der Waals surface area contributed by atoms with Gasteiger partial charge in [-0.25, -0.2) is 21.8 Å². The maximum absolute atomic E-state index is 14.3. The van der Waals surface area contributed by atoms with Gasteiger partial charge >= 0.3 is 0 Å². The van der Waals surface area contributed by atoms with Crippen LogP contribution in [0, 0.1) is 0 Å². The highest BCUT2D eigenvalue weighted by Gasteiger charge is 2.34. The lowest BCUT2D eigenvalue weighted by atomic mass is 10.0. The number of fused-ring (bicyclic) bond motifs is 1. The molecule has 2 saturated heterocycles. The lowest BCUT2D eigenvalue weighted by Gasteiger charge is -2.33. The average Bonchev–Trinajstić information content (AvgIpc) is 3.19. The van der Waals surface area contributed by atoms with Crippen molar-refractivity contribution in [3.63, 3.8) is 0 Å². The standard InChI is InChI=1S/C38H39N7O8S2/c39-28-10-14-30(15-11-28)55(51,52)44-19-18-42(36(47)26-44)25-35(46)40-34(24-27-6-2-1-3-7-27)37-41-33-9-5-4-8-32(33)38(48)45(37)29-12-16-31(17-13-29)54(49,50)43-20-22-53-23-21-43/h1-17,34H,18-26,39H2,(H,40,46)/t34-/m0/s1. The summed E-state index contributed by atoms with van der Waals surface area (Å²) in [7, 11) is -7.79. The topological polar surface area (TPSA) is 194 Å². The number of sulfonamides is 2. The van der Waals surface area contributed by atoms with Crippen molar-refractivity contribution in [2.45, 2.75) is 22.3 Å². The molecule has 1 atom stereocenters. The van der Waals surface area contributed by atoms with Crippen LogP contribution in [0.4, 0.5) is 5.69 Å². The number of carbonyl (C=O) groups excluding carboxylic acids is 2. The molecular weight excluding hydrogens is 747 g/mol. The summed E-state index contributed by atoms with van der Waals surface area (Å²) in [4.78, 5) is 47.6. The first kappa shape index (κ1) is 37.8. The molecule has 0 saturated carbocycles. The van der Waals surface area contributed by atoms with Gasteiger partial charge in [-0.1, -0.05) is 42.5 Å². The van der Waals surface area contributed by atoms with E-state index in [0.717, 1.165) is 9.87 Å². The molecule has 55 heavy (non-hydrogen) atoms. The Bertz CT molecular complexity index is 2490. The number of nitrogens with zero attached hydrogens (tertiary/aromatic N) is 5. The van der Waals surface area contributed by atoms with Crippen molar-refractivity contribution < 1.29 is 31.2 Å². The van der Waals surface area contributed by atoms with Gasteiger partial charge in [0.05, 0.1) is 58.7 Å². The van der Waals surface area contributed by atoms with Crippen LogP contribution in [0.5, 0.6) is 0 Å². The second-order valence-corrected chi connectivity index (χ2v) is 17.0. The maximum Gasteiger partial charge on any atom is 0.266 e. The minimum Gasteiger partial charge on any atom is -0.399 e. The first-order valence-corrected chi connectivity index (χ1v) is 20.5. The molecule has 4 aromatic carbocycles. The van der Waals surface area contributed by atoms with Crippen molar-refractivity contribution in [1.29, 1.82) is 0 Å². The first-order valence-electron chi connectivity index (χ1n) is 17.6. The number of nitrogen functional groups attached to an aromatic ring is 1. The van der Waals surface area contributed by atoms with Crippen LogP contribution in [0.1, 0.15) is 17.4 Å². The Labute approximate surface area is 318 Å². The Kier molecular flexibility index (Phi) is 10.8. The van der Waals surface area contributed by atoms with Gasteiger partial charge in [0.25, 0.3) is 5.56 Å². The van der Waals surface area contributed by atoms with Crippen LogP contribution in [0.2, 0.25) is 0 Å². The molecule has 0 aliphatic carbocycles. The molecule has 3 heterocycles. The molecule has 3 N–H and O–H groups in total. The number of rotatable bonds is 11. The number of carbonyl (C=O) groups is 2. The molecule has 7 rings (SSSR count). The summed E-state index contributed by atoms with van der Waals surface area (Å²) >= 11 is 0. The van der Waals surface area contributed by atoms with Gasteiger partial charge in [-0.2, -0.15) is 8.61 Å². The van der Waals surface area contributed by atoms with Crippen molar-refractivity contribution in [3.8, 4) is 5.69 Å². The number of para-hydroxylation sites is 1. The second kappa shape index (κ2) is 15.7. The van der Waals surface area contributed by atoms with Crippen molar-refractivity contribution in [2.75, 3.05) is 58.2 Å². The number of ether oxygens (including phenoxy) is 1. The van der Waals surface area contributed by atoms with E-state index in [1.807, 2.05) is 30.3 Å². The van der Waals surface area contributed by atoms with E-state index in [9.17, 15) is 31.2 Å². The van der Waals surface area contributed by atoms with Crippen LogP contribution in [-0.4, -0.2) is 104 Å². The van der Waals surface area contributed by atoms with Crippen LogP contribution < -0.4 is 16.6 Å². The molecule has 2 aliphatic rings. The number of amides is 2. The van der Waals surface area contributed by atoms with Gasteiger partial charge in [0.1, 0.15) is 5.82 Å². The minimum atomic E-state index is -3.97. The molecule has 1 aromatic heterocycles. The molecule has 0 unspecified atom stereocenters. The van der Waals surface area contributed by atoms with E-state index < -0.39 is 50.0 Å². The molecular formula is C38H39N7O8S2. The first-order chi connectivity index (χ1) is 26.4. The van der Waals surface area contributed by atoms with E-state index in [2.05, 4.69) is 5.32 Å². The highest BCUT2D eigenvalue weighted by molar-refractivity contribution is 7.89. The van der Waals surface area contributed by atoms with Gasteiger partial charge in [-0.3, -0.25) is 19.0 Å². The zero-order valence-electron chi connectivity index (χ0n) is 29.7. The fourth-order valence-electron chi connectivity index (χ4n) is 6.65. The van der Waals surface area contributed by atoms with Gasteiger partial charge < -0.3 is 20.7 Å². The minimum absolute atomic E-state index is 0.00624. The molecule has 0 spiro atoms. The third-order valence-corrected chi connectivity index (χ3v) is 13.3. The highest BCUT2D eigenvalue weighted by atomic mass is 32.2. The third-order valence-electron chi connectivity index (χ3n) is 9.57. The lowest BCUT2D eigenvalue weighted by Crippen LogP contribution is -2.54. The highest BCUT2D eigenvalue weighted by Crippen LogP contribution is 2.25. The van der Waals surface area contributed by atoms with Gasteiger partial charge in [-0.05, 0) is 72.6 Å². The predicted octanol–water partition coefficient (Wildman–Crippen LogP) is 1.92. The number of anilines is 1. The largest absolute Gasteiger partial charge is 0.399 e. The van der Waals surface area contributed by atoms with Crippen LogP contribution in [-0.2, 0) is 40.8 Å². The summed E-state index contributed by atoms with van der Waals surface area (Å²) in [6.45, 7) is 0.182. The molecule has 2 aliphatic heterocycles. The molecule has 0 radical (unpaired) electrons. The van der Waals surface area contributed by atoms with E-state index in [0.29, 0.717) is 35.5 Å². The Morgan fingerprint density at radius 3 is 2.05 bits per heavy atom. The van der Waals surface area contributed by atoms with E-state index in [1.165, 1.54) is 62.3 Å². The smallest absolute Gasteiger partial charge is 0.266 e. The van der Waals surface area contributed by atoms with Crippen LogP contribution in [0.3, 0.4) is 0 Å². The fourth-order valence-corrected chi connectivity index (χ4v) is 9.44. The molecule has 2 fully saturated rings. The van der Waals surface area contributed by atoms with Crippen LogP contribution in [0.15, 0.2) is 118 Å². The van der Waals surface area contributed by atoms with E-state index in [-0.39, 0.29) is 54.8 Å². The number of hydrogen-bond donors (Lipinski definition) is 2. The number of piperazine rings is 1. The molecule has 17 heteroatoms. The normalized spacial score (nSPS) is 16.6.